The Labute approximate surface area is 91.5 Å². The molecule has 2 N–H and O–H groups in total. The van der Waals surface area contributed by atoms with Crippen LogP contribution >= 0.6 is 0 Å². The summed E-state index contributed by atoms with van der Waals surface area (Å²) >= 11 is 0. The average molecular weight is 226 g/mol. The quantitative estimate of drug-likeness (QED) is 0.605. The SMILES string of the molecule is COc1ccc(N/N=C(/C)C(=O)O)c(F)c1. The summed E-state index contributed by atoms with van der Waals surface area (Å²) in [6.07, 6.45) is 0. The number of carboxylic acids is 1. The van der Waals surface area contributed by atoms with Crippen LogP contribution in [0.2, 0.25) is 0 Å². The van der Waals surface area contributed by atoms with Crippen molar-refractivity contribution in [2.24, 2.45) is 5.10 Å². The van der Waals surface area contributed by atoms with Crippen LogP contribution < -0.4 is 10.2 Å². The second-order valence-corrected chi connectivity index (χ2v) is 2.96. The van der Waals surface area contributed by atoms with Gasteiger partial charge in [-0.3, -0.25) is 5.43 Å². The van der Waals surface area contributed by atoms with Gasteiger partial charge < -0.3 is 9.84 Å². The Bertz CT molecular complexity index is 432. The van der Waals surface area contributed by atoms with Crippen molar-refractivity contribution in [1.29, 1.82) is 0 Å². The molecule has 0 unspecified atom stereocenters. The zero-order valence-corrected chi connectivity index (χ0v) is 8.82. The third kappa shape index (κ3) is 2.94. The summed E-state index contributed by atoms with van der Waals surface area (Å²) in [6, 6.07) is 4.12. The van der Waals surface area contributed by atoms with Crippen LogP contribution in [-0.4, -0.2) is 23.9 Å². The molecule has 1 aromatic rings. The maximum absolute atomic E-state index is 13.3. The lowest BCUT2D eigenvalue weighted by Crippen LogP contribution is -2.10. The molecule has 0 aliphatic carbocycles. The molecule has 0 fully saturated rings. The summed E-state index contributed by atoms with van der Waals surface area (Å²) in [6.45, 7) is 1.30. The molecule has 0 heterocycles. The van der Waals surface area contributed by atoms with Crippen LogP contribution in [-0.2, 0) is 4.79 Å². The summed E-state index contributed by atoms with van der Waals surface area (Å²) in [5.74, 6) is -1.36. The van der Waals surface area contributed by atoms with Gasteiger partial charge in [0.05, 0.1) is 12.8 Å². The fourth-order valence-electron chi connectivity index (χ4n) is 0.905. The molecule has 0 atom stereocenters. The fraction of sp³-hybridized carbons (Fsp3) is 0.200. The van der Waals surface area contributed by atoms with Crippen molar-refractivity contribution in [2.75, 3.05) is 12.5 Å². The fourth-order valence-corrected chi connectivity index (χ4v) is 0.905. The van der Waals surface area contributed by atoms with E-state index in [4.69, 9.17) is 9.84 Å². The van der Waals surface area contributed by atoms with E-state index < -0.39 is 11.8 Å². The zero-order chi connectivity index (χ0) is 12.1. The minimum atomic E-state index is -1.17. The minimum Gasteiger partial charge on any atom is -0.497 e. The lowest BCUT2D eigenvalue weighted by Gasteiger charge is -2.04. The number of anilines is 1. The van der Waals surface area contributed by atoms with Gasteiger partial charge in [0.2, 0.25) is 0 Å². The molecule has 0 aliphatic rings. The van der Waals surface area contributed by atoms with Crippen molar-refractivity contribution in [3.05, 3.63) is 24.0 Å². The number of benzene rings is 1. The number of nitrogens with zero attached hydrogens (tertiary/aromatic N) is 1. The number of ether oxygens (including phenoxy) is 1. The Kier molecular flexibility index (Phi) is 3.82. The monoisotopic (exact) mass is 226 g/mol. The molecular weight excluding hydrogens is 215 g/mol. The average Bonchev–Trinajstić information content (AvgIpc) is 2.26. The van der Waals surface area contributed by atoms with E-state index in [9.17, 15) is 9.18 Å². The molecule has 0 saturated carbocycles. The van der Waals surface area contributed by atoms with Crippen LogP contribution in [0, 0.1) is 5.82 Å². The van der Waals surface area contributed by atoms with Crippen LogP contribution in [0.3, 0.4) is 0 Å². The molecule has 0 aliphatic heterocycles. The molecule has 0 radical (unpaired) electrons. The van der Waals surface area contributed by atoms with Crippen molar-refractivity contribution in [1.82, 2.24) is 0 Å². The van der Waals surface area contributed by atoms with Crippen molar-refractivity contribution in [3.8, 4) is 5.75 Å². The number of hydrazone groups is 1. The number of methoxy groups -OCH3 is 1. The number of aliphatic carboxylic acids is 1. The number of carbonyl (C=O) groups is 1. The van der Waals surface area contributed by atoms with Gasteiger partial charge in [0.15, 0.2) is 5.82 Å². The van der Waals surface area contributed by atoms with E-state index in [0.717, 1.165) is 0 Å². The van der Waals surface area contributed by atoms with Gasteiger partial charge in [0, 0.05) is 6.07 Å². The smallest absolute Gasteiger partial charge is 0.351 e. The van der Waals surface area contributed by atoms with Gasteiger partial charge in [0.25, 0.3) is 0 Å². The molecule has 1 aromatic carbocycles. The molecule has 16 heavy (non-hydrogen) atoms. The Morgan fingerprint density at radius 3 is 2.75 bits per heavy atom. The number of carboxylic acid groups (broad SMARTS) is 1. The van der Waals surface area contributed by atoms with Crippen LogP contribution in [0.4, 0.5) is 10.1 Å². The third-order valence-corrected chi connectivity index (χ3v) is 1.83. The highest BCUT2D eigenvalue weighted by molar-refractivity contribution is 6.34. The van der Waals surface area contributed by atoms with Crippen molar-refractivity contribution >= 4 is 17.4 Å². The van der Waals surface area contributed by atoms with Crippen LogP contribution in [0.1, 0.15) is 6.92 Å². The first-order valence-corrected chi connectivity index (χ1v) is 4.41. The second kappa shape index (κ2) is 5.11. The highest BCUT2D eigenvalue weighted by Crippen LogP contribution is 2.20. The van der Waals surface area contributed by atoms with Crippen molar-refractivity contribution < 1.29 is 19.0 Å². The molecule has 0 spiro atoms. The number of hydrogen-bond donors (Lipinski definition) is 2. The Morgan fingerprint density at radius 1 is 1.56 bits per heavy atom. The van der Waals surface area contributed by atoms with Crippen LogP contribution in [0.15, 0.2) is 23.3 Å². The van der Waals surface area contributed by atoms with Crippen molar-refractivity contribution in [2.45, 2.75) is 6.92 Å². The van der Waals surface area contributed by atoms with E-state index in [2.05, 4.69) is 10.5 Å². The number of nitrogens with one attached hydrogen (secondary N) is 1. The maximum atomic E-state index is 13.3. The molecule has 0 saturated heterocycles. The molecule has 5 nitrogen and oxygen atoms in total. The third-order valence-electron chi connectivity index (χ3n) is 1.83. The molecule has 6 heteroatoms. The standard InChI is InChI=1S/C10H11FN2O3/c1-6(10(14)15)12-13-9-4-3-7(16-2)5-8(9)11/h3-5,13H,1-2H3,(H,14,15)/b12-6-. The summed E-state index contributed by atoms with van der Waals surface area (Å²) in [4.78, 5) is 10.4. The normalized spacial score (nSPS) is 11.1. The van der Waals surface area contributed by atoms with Gasteiger partial charge in [-0.15, -0.1) is 0 Å². The maximum Gasteiger partial charge on any atom is 0.351 e. The first kappa shape index (κ1) is 12.0. The molecular formula is C10H11FN2O3. The Balaban J connectivity index is 2.83. The van der Waals surface area contributed by atoms with Crippen molar-refractivity contribution in [3.63, 3.8) is 0 Å². The Hall–Kier alpha value is -2.11. The van der Waals surface area contributed by atoms with E-state index in [1.54, 1.807) is 0 Å². The predicted molar refractivity (Wildman–Crippen MR) is 57.3 cm³/mol. The van der Waals surface area contributed by atoms with Gasteiger partial charge >= 0.3 is 5.97 Å². The zero-order valence-electron chi connectivity index (χ0n) is 8.82. The summed E-state index contributed by atoms with van der Waals surface area (Å²) < 4.78 is 18.1. The summed E-state index contributed by atoms with van der Waals surface area (Å²) in [5.41, 5.74) is 2.25. The van der Waals surface area contributed by atoms with Crippen LogP contribution in [0.25, 0.3) is 0 Å². The lowest BCUT2D eigenvalue weighted by atomic mass is 10.3. The van der Waals surface area contributed by atoms with Gasteiger partial charge in [-0.1, -0.05) is 0 Å². The number of rotatable bonds is 4. The van der Waals surface area contributed by atoms with E-state index in [1.165, 1.54) is 32.2 Å². The number of halogens is 1. The number of hydrogen-bond acceptors (Lipinski definition) is 4. The van der Waals surface area contributed by atoms with Gasteiger partial charge in [-0.05, 0) is 19.1 Å². The second-order valence-electron chi connectivity index (χ2n) is 2.96. The first-order chi connectivity index (χ1) is 7.54. The van der Waals surface area contributed by atoms with E-state index in [1.807, 2.05) is 0 Å². The summed E-state index contributed by atoms with van der Waals surface area (Å²) in [7, 11) is 1.43. The predicted octanol–water partition coefficient (Wildman–Crippen LogP) is 1.71. The first-order valence-electron chi connectivity index (χ1n) is 4.41. The van der Waals surface area contributed by atoms with Gasteiger partial charge in [-0.25, -0.2) is 9.18 Å². The van der Waals surface area contributed by atoms with E-state index in [-0.39, 0.29) is 11.4 Å². The summed E-state index contributed by atoms with van der Waals surface area (Å²) in [5, 5.41) is 12.0. The largest absolute Gasteiger partial charge is 0.497 e. The molecule has 0 amide bonds. The van der Waals surface area contributed by atoms with E-state index >= 15 is 0 Å². The van der Waals surface area contributed by atoms with E-state index in [0.29, 0.717) is 5.75 Å². The minimum absolute atomic E-state index is 0.0846. The molecule has 0 bridgehead atoms. The van der Waals surface area contributed by atoms with Gasteiger partial charge in [-0.2, -0.15) is 5.10 Å². The van der Waals surface area contributed by atoms with Gasteiger partial charge in [0.1, 0.15) is 11.5 Å². The lowest BCUT2D eigenvalue weighted by molar-refractivity contribution is -0.129. The topological polar surface area (TPSA) is 70.9 Å². The Morgan fingerprint density at radius 2 is 2.25 bits per heavy atom. The van der Waals surface area contributed by atoms with Crippen LogP contribution in [0.5, 0.6) is 5.75 Å². The highest BCUT2D eigenvalue weighted by Gasteiger charge is 2.05. The molecule has 86 valence electrons. The molecule has 0 aromatic heterocycles. The highest BCUT2D eigenvalue weighted by atomic mass is 19.1. The molecule has 1 rings (SSSR count).